The van der Waals surface area contributed by atoms with Crippen molar-refractivity contribution in [2.45, 2.75) is 6.04 Å². The van der Waals surface area contributed by atoms with Crippen LogP contribution in [0.1, 0.15) is 0 Å². The Bertz CT molecular complexity index is 319. The molecule has 1 atom stereocenters. The molecular weight excluding hydrogens is 248 g/mol. The second kappa shape index (κ2) is 7.04. The molecule has 0 radical (unpaired) electrons. The Balaban J connectivity index is 1.84. The average molecular weight is 270 g/mol. The SMILES string of the molecule is CNCC(COC)N1CCN(c2nccs2)CC1. The predicted molar refractivity (Wildman–Crippen MR) is 75.5 cm³/mol. The van der Waals surface area contributed by atoms with Crippen molar-refractivity contribution in [2.24, 2.45) is 0 Å². The maximum absolute atomic E-state index is 5.30. The van der Waals surface area contributed by atoms with Crippen LogP contribution in [-0.2, 0) is 4.74 Å². The second-order valence-electron chi connectivity index (χ2n) is 4.50. The molecule has 0 saturated carbocycles. The highest BCUT2D eigenvalue weighted by Gasteiger charge is 2.24. The van der Waals surface area contributed by atoms with Crippen LogP contribution in [-0.4, -0.2) is 69.4 Å². The summed E-state index contributed by atoms with van der Waals surface area (Å²) in [5, 5.41) is 6.43. The summed E-state index contributed by atoms with van der Waals surface area (Å²) >= 11 is 1.72. The number of anilines is 1. The van der Waals surface area contributed by atoms with Gasteiger partial charge >= 0.3 is 0 Å². The van der Waals surface area contributed by atoms with Gasteiger partial charge in [-0.25, -0.2) is 4.98 Å². The first-order chi connectivity index (χ1) is 8.85. The molecule has 5 nitrogen and oxygen atoms in total. The van der Waals surface area contributed by atoms with Gasteiger partial charge in [0.2, 0.25) is 0 Å². The smallest absolute Gasteiger partial charge is 0.185 e. The number of nitrogens with one attached hydrogen (secondary N) is 1. The summed E-state index contributed by atoms with van der Waals surface area (Å²) in [5.41, 5.74) is 0. The number of thiazole rings is 1. The molecule has 2 rings (SSSR count). The number of aromatic nitrogens is 1. The molecule has 1 unspecified atom stereocenters. The summed E-state index contributed by atoms with van der Waals surface area (Å²) in [7, 11) is 3.77. The van der Waals surface area contributed by atoms with E-state index in [2.05, 4.69) is 20.1 Å². The van der Waals surface area contributed by atoms with Crippen LogP contribution in [0.5, 0.6) is 0 Å². The van der Waals surface area contributed by atoms with Gasteiger partial charge < -0.3 is 15.0 Å². The van der Waals surface area contributed by atoms with Crippen molar-refractivity contribution in [3.63, 3.8) is 0 Å². The fourth-order valence-corrected chi connectivity index (χ4v) is 3.07. The monoisotopic (exact) mass is 270 g/mol. The van der Waals surface area contributed by atoms with Crippen molar-refractivity contribution >= 4 is 16.5 Å². The van der Waals surface area contributed by atoms with Crippen LogP contribution in [0, 0.1) is 0 Å². The molecule has 0 aromatic carbocycles. The van der Waals surface area contributed by atoms with E-state index >= 15 is 0 Å². The zero-order chi connectivity index (χ0) is 12.8. The molecule has 1 aliphatic heterocycles. The van der Waals surface area contributed by atoms with E-state index in [0.717, 1.165) is 44.5 Å². The molecule has 18 heavy (non-hydrogen) atoms. The van der Waals surface area contributed by atoms with Crippen molar-refractivity contribution in [1.82, 2.24) is 15.2 Å². The van der Waals surface area contributed by atoms with E-state index in [0.29, 0.717) is 6.04 Å². The van der Waals surface area contributed by atoms with Gasteiger partial charge in [-0.15, -0.1) is 11.3 Å². The predicted octanol–water partition coefficient (Wildman–Crippen LogP) is 0.499. The lowest BCUT2D eigenvalue weighted by Crippen LogP contribution is -2.54. The van der Waals surface area contributed by atoms with Crippen LogP contribution in [0.4, 0.5) is 5.13 Å². The van der Waals surface area contributed by atoms with Gasteiger partial charge in [-0.05, 0) is 7.05 Å². The molecule has 1 aromatic heterocycles. The zero-order valence-corrected chi connectivity index (χ0v) is 11.9. The van der Waals surface area contributed by atoms with Crippen LogP contribution in [0.2, 0.25) is 0 Å². The Morgan fingerprint density at radius 3 is 2.78 bits per heavy atom. The number of ether oxygens (including phenoxy) is 1. The van der Waals surface area contributed by atoms with Crippen LogP contribution >= 0.6 is 11.3 Å². The minimum atomic E-state index is 0.471. The summed E-state index contributed by atoms with van der Waals surface area (Å²) in [4.78, 5) is 9.24. The van der Waals surface area contributed by atoms with Crippen LogP contribution in [0.15, 0.2) is 11.6 Å². The molecule has 0 aliphatic carbocycles. The van der Waals surface area contributed by atoms with Crippen LogP contribution in [0.3, 0.4) is 0 Å². The van der Waals surface area contributed by atoms with Crippen molar-refractivity contribution in [1.29, 1.82) is 0 Å². The number of piperazine rings is 1. The minimum absolute atomic E-state index is 0.471. The summed E-state index contributed by atoms with van der Waals surface area (Å²) in [6.07, 6.45) is 1.88. The fourth-order valence-electron chi connectivity index (χ4n) is 2.37. The maximum atomic E-state index is 5.30. The van der Waals surface area contributed by atoms with Crippen molar-refractivity contribution in [3.8, 4) is 0 Å². The first kappa shape index (κ1) is 13.7. The molecule has 1 fully saturated rings. The normalized spacial score (nSPS) is 19.1. The van der Waals surface area contributed by atoms with Gasteiger partial charge in [0.1, 0.15) is 0 Å². The first-order valence-corrected chi connectivity index (χ1v) is 7.25. The van der Waals surface area contributed by atoms with Crippen molar-refractivity contribution in [2.75, 3.05) is 58.4 Å². The number of nitrogens with zero attached hydrogens (tertiary/aromatic N) is 3. The number of likely N-dealkylation sites (N-methyl/N-ethyl adjacent to an activating group) is 1. The molecule has 2 heterocycles. The van der Waals surface area contributed by atoms with Crippen LogP contribution < -0.4 is 10.2 Å². The van der Waals surface area contributed by atoms with E-state index in [-0.39, 0.29) is 0 Å². The van der Waals surface area contributed by atoms with Gasteiger partial charge in [-0.3, -0.25) is 4.90 Å². The number of methoxy groups -OCH3 is 1. The highest BCUT2D eigenvalue weighted by Crippen LogP contribution is 2.19. The number of hydrogen-bond acceptors (Lipinski definition) is 6. The molecule has 0 bridgehead atoms. The Hall–Kier alpha value is -0.690. The average Bonchev–Trinajstić information content (AvgIpc) is 2.93. The van der Waals surface area contributed by atoms with Gasteiger partial charge in [0.25, 0.3) is 0 Å². The molecule has 1 aromatic rings. The molecule has 1 saturated heterocycles. The minimum Gasteiger partial charge on any atom is -0.383 e. The van der Waals surface area contributed by atoms with E-state index in [1.165, 1.54) is 0 Å². The largest absolute Gasteiger partial charge is 0.383 e. The lowest BCUT2D eigenvalue weighted by Gasteiger charge is -2.39. The van der Waals surface area contributed by atoms with E-state index < -0.39 is 0 Å². The Morgan fingerprint density at radius 1 is 1.44 bits per heavy atom. The molecule has 6 heteroatoms. The molecule has 1 aliphatic rings. The van der Waals surface area contributed by atoms with Crippen molar-refractivity contribution < 1.29 is 4.74 Å². The summed E-state index contributed by atoms with van der Waals surface area (Å²) in [6, 6.07) is 0.471. The third kappa shape index (κ3) is 3.41. The summed E-state index contributed by atoms with van der Waals surface area (Å²) < 4.78 is 5.30. The third-order valence-corrected chi connectivity index (χ3v) is 4.15. The number of hydrogen-bond donors (Lipinski definition) is 1. The third-order valence-electron chi connectivity index (χ3n) is 3.32. The molecule has 1 N–H and O–H groups in total. The first-order valence-electron chi connectivity index (χ1n) is 6.37. The summed E-state index contributed by atoms with van der Waals surface area (Å²) in [5.74, 6) is 0. The van der Waals surface area contributed by atoms with E-state index in [1.807, 2.05) is 18.6 Å². The quantitative estimate of drug-likeness (QED) is 0.815. The zero-order valence-electron chi connectivity index (χ0n) is 11.1. The van der Waals surface area contributed by atoms with Gasteiger partial charge in [0.05, 0.1) is 6.61 Å². The highest BCUT2D eigenvalue weighted by atomic mass is 32.1. The molecular formula is C12H22N4OS. The Morgan fingerprint density at radius 2 is 2.22 bits per heavy atom. The van der Waals surface area contributed by atoms with Gasteiger partial charge in [-0.2, -0.15) is 0 Å². The fraction of sp³-hybridized carbons (Fsp3) is 0.750. The van der Waals surface area contributed by atoms with Gasteiger partial charge in [0, 0.05) is 57.5 Å². The molecule has 0 spiro atoms. The summed E-state index contributed by atoms with van der Waals surface area (Å²) in [6.45, 7) is 6.03. The van der Waals surface area contributed by atoms with E-state index in [9.17, 15) is 0 Å². The topological polar surface area (TPSA) is 40.6 Å². The lowest BCUT2D eigenvalue weighted by molar-refractivity contribution is 0.0862. The van der Waals surface area contributed by atoms with E-state index in [4.69, 9.17) is 4.74 Å². The standard InChI is InChI=1S/C12H22N4OS/c1-13-9-11(10-17-2)15-4-6-16(7-5-15)12-14-3-8-18-12/h3,8,11,13H,4-7,9-10H2,1-2H3. The maximum Gasteiger partial charge on any atom is 0.185 e. The Labute approximate surface area is 113 Å². The van der Waals surface area contributed by atoms with Gasteiger partial charge in [0.15, 0.2) is 5.13 Å². The van der Waals surface area contributed by atoms with Crippen molar-refractivity contribution in [3.05, 3.63) is 11.6 Å². The lowest BCUT2D eigenvalue weighted by atomic mass is 10.2. The molecule has 0 amide bonds. The van der Waals surface area contributed by atoms with Crippen LogP contribution in [0.25, 0.3) is 0 Å². The van der Waals surface area contributed by atoms with E-state index in [1.54, 1.807) is 18.4 Å². The van der Waals surface area contributed by atoms with Gasteiger partial charge in [-0.1, -0.05) is 0 Å². The highest BCUT2D eigenvalue weighted by molar-refractivity contribution is 7.13. The molecule has 102 valence electrons. The Kier molecular flexibility index (Phi) is 5.37. The number of rotatable bonds is 6. The second-order valence-corrected chi connectivity index (χ2v) is 5.38.